The van der Waals surface area contributed by atoms with E-state index in [1.54, 1.807) is 4.90 Å². The van der Waals surface area contributed by atoms with Crippen molar-refractivity contribution in [3.05, 3.63) is 11.8 Å². The second kappa shape index (κ2) is 8.32. The van der Waals surface area contributed by atoms with E-state index in [1.807, 2.05) is 13.0 Å². The number of carbonyl (C=O) groups is 1. The lowest BCUT2D eigenvalue weighted by atomic mass is 9.82. The third kappa shape index (κ3) is 4.10. The number of hydrogen-bond acceptors (Lipinski definition) is 5. The molecule has 0 radical (unpaired) electrons. The third-order valence-electron chi connectivity index (χ3n) is 5.13. The van der Waals surface area contributed by atoms with Crippen LogP contribution in [0.5, 0.6) is 0 Å². The first-order chi connectivity index (χ1) is 11.7. The van der Waals surface area contributed by atoms with Crippen LogP contribution in [0.4, 0.5) is 0 Å². The Kier molecular flexibility index (Phi) is 6.14. The van der Waals surface area contributed by atoms with Gasteiger partial charge in [0.1, 0.15) is 0 Å². The minimum absolute atomic E-state index is 0.0470. The maximum absolute atomic E-state index is 12.8. The zero-order chi connectivity index (χ0) is 16.9. The van der Waals surface area contributed by atoms with Crippen LogP contribution >= 0.6 is 0 Å². The molecule has 1 saturated heterocycles. The van der Waals surface area contributed by atoms with Crippen molar-refractivity contribution in [3.8, 4) is 0 Å². The van der Waals surface area contributed by atoms with Gasteiger partial charge in [0.2, 0.25) is 6.29 Å². The maximum Gasteiger partial charge on any atom is 0.288 e. The highest BCUT2D eigenvalue weighted by Crippen LogP contribution is 2.47. The molecule has 1 N–H and O–H groups in total. The number of hydrogen-bond donors (Lipinski definition) is 1. The highest BCUT2D eigenvalue weighted by Gasteiger charge is 2.44. The van der Waals surface area contributed by atoms with Gasteiger partial charge in [-0.3, -0.25) is 4.79 Å². The molecular formula is C18H29NO5. The molecule has 0 aromatic rings. The van der Waals surface area contributed by atoms with Gasteiger partial charge in [-0.05, 0) is 50.5 Å². The van der Waals surface area contributed by atoms with Crippen LogP contribution in [0.25, 0.3) is 0 Å². The van der Waals surface area contributed by atoms with Crippen LogP contribution in [0.1, 0.15) is 32.6 Å². The first kappa shape index (κ1) is 17.7. The van der Waals surface area contributed by atoms with E-state index in [4.69, 9.17) is 14.2 Å². The summed E-state index contributed by atoms with van der Waals surface area (Å²) in [5, 5.41) is 9.19. The van der Waals surface area contributed by atoms with Crippen molar-refractivity contribution < 1.29 is 24.1 Å². The van der Waals surface area contributed by atoms with E-state index >= 15 is 0 Å². The summed E-state index contributed by atoms with van der Waals surface area (Å²) < 4.78 is 17.1. The molecule has 3 aliphatic rings. The molecule has 1 saturated carbocycles. The molecule has 0 aromatic heterocycles. The molecule has 3 rings (SSSR count). The lowest BCUT2D eigenvalue weighted by Gasteiger charge is -2.38. The largest absolute Gasteiger partial charge is 0.459 e. The van der Waals surface area contributed by atoms with Crippen molar-refractivity contribution in [2.45, 2.75) is 38.9 Å². The first-order valence-corrected chi connectivity index (χ1v) is 9.22. The van der Waals surface area contributed by atoms with Gasteiger partial charge in [0.25, 0.3) is 5.91 Å². The number of rotatable bonds is 7. The molecule has 0 bridgehead atoms. The van der Waals surface area contributed by atoms with Crippen LogP contribution in [-0.4, -0.2) is 61.7 Å². The number of aliphatic hydroxyl groups excluding tert-OH is 1. The van der Waals surface area contributed by atoms with Crippen LogP contribution < -0.4 is 0 Å². The molecule has 2 fully saturated rings. The number of allylic oxidation sites excluding steroid dienone is 1. The topological polar surface area (TPSA) is 68.2 Å². The lowest BCUT2D eigenvalue weighted by Crippen LogP contribution is -2.45. The minimum atomic E-state index is -0.392. The summed E-state index contributed by atoms with van der Waals surface area (Å²) in [5.74, 6) is 1.53. The zero-order valence-electron chi connectivity index (χ0n) is 14.5. The van der Waals surface area contributed by atoms with Crippen LogP contribution in [-0.2, 0) is 19.0 Å². The van der Waals surface area contributed by atoms with E-state index in [0.29, 0.717) is 50.5 Å². The van der Waals surface area contributed by atoms with E-state index in [2.05, 4.69) is 0 Å². The molecule has 2 heterocycles. The smallest absolute Gasteiger partial charge is 0.288 e. The Morgan fingerprint density at radius 1 is 1.38 bits per heavy atom. The Balaban J connectivity index is 1.76. The average Bonchev–Trinajstić information content (AvgIpc) is 3.45. The number of carbonyl (C=O) groups excluding carboxylic acids is 1. The van der Waals surface area contributed by atoms with Gasteiger partial charge in [-0.15, -0.1) is 0 Å². The third-order valence-corrected chi connectivity index (χ3v) is 5.13. The van der Waals surface area contributed by atoms with Gasteiger partial charge in [-0.2, -0.15) is 0 Å². The predicted octanol–water partition coefficient (Wildman–Crippen LogP) is 1.54. The Labute approximate surface area is 143 Å². The molecule has 6 heteroatoms. The van der Waals surface area contributed by atoms with E-state index in [0.717, 1.165) is 12.8 Å². The van der Waals surface area contributed by atoms with E-state index in [-0.39, 0.29) is 18.4 Å². The van der Waals surface area contributed by atoms with Crippen molar-refractivity contribution >= 4 is 5.91 Å². The molecule has 24 heavy (non-hydrogen) atoms. The van der Waals surface area contributed by atoms with Crippen molar-refractivity contribution in [1.82, 2.24) is 4.90 Å². The second-order valence-corrected chi connectivity index (χ2v) is 6.82. The van der Waals surface area contributed by atoms with Crippen LogP contribution in [0.15, 0.2) is 11.8 Å². The number of morpholine rings is 1. The molecule has 1 amide bonds. The SMILES string of the molecule is CCO[C@H]1OC(C(=O)N2CCOCC2)=C[C@@H](C2CC2)[C@H]1CCCO. The summed E-state index contributed by atoms with van der Waals surface area (Å²) in [6, 6.07) is 0. The second-order valence-electron chi connectivity index (χ2n) is 6.82. The molecule has 0 spiro atoms. The molecule has 2 aliphatic heterocycles. The molecule has 1 aliphatic carbocycles. The van der Waals surface area contributed by atoms with Gasteiger partial charge in [0.05, 0.1) is 13.2 Å². The van der Waals surface area contributed by atoms with Crippen LogP contribution in [0.2, 0.25) is 0 Å². The van der Waals surface area contributed by atoms with Gasteiger partial charge in [0.15, 0.2) is 5.76 Å². The fourth-order valence-electron chi connectivity index (χ4n) is 3.72. The summed E-state index contributed by atoms with van der Waals surface area (Å²) >= 11 is 0. The predicted molar refractivity (Wildman–Crippen MR) is 88.0 cm³/mol. The first-order valence-electron chi connectivity index (χ1n) is 9.22. The van der Waals surface area contributed by atoms with Gasteiger partial charge < -0.3 is 24.2 Å². The maximum atomic E-state index is 12.8. The summed E-state index contributed by atoms with van der Waals surface area (Å²) in [4.78, 5) is 14.6. The molecule has 0 aromatic carbocycles. The quantitative estimate of drug-likeness (QED) is 0.762. The highest BCUT2D eigenvalue weighted by molar-refractivity contribution is 5.91. The number of amides is 1. The normalized spacial score (nSPS) is 30.7. The Bertz CT molecular complexity index is 456. The lowest BCUT2D eigenvalue weighted by molar-refractivity contribution is -0.178. The summed E-state index contributed by atoms with van der Waals surface area (Å²) in [7, 11) is 0. The van der Waals surface area contributed by atoms with E-state index < -0.39 is 6.29 Å². The monoisotopic (exact) mass is 339 g/mol. The van der Waals surface area contributed by atoms with Gasteiger partial charge in [-0.1, -0.05) is 0 Å². The standard InChI is InChI=1S/C18H29NO5/c1-2-23-18-14(4-3-9-20)15(13-5-6-13)12-16(24-18)17(21)19-7-10-22-11-8-19/h12-15,18,20H,2-11H2,1H3/t14-,15+,18+/m1/s1. The van der Waals surface area contributed by atoms with Gasteiger partial charge in [0, 0.05) is 32.2 Å². The van der Waals surface area contributed by atoms with Crippen LogP contribution in [0.3, 0.4) is 0 Å². The van der Waals surface area contributed by atoms with E-state index in [9.17, 15) is 9.90 Å². The minimum Gasteiger partial charge on any atom is -0.459 e. The summed E-state index contributed by atoms with van der Waals surface area (Å²) in [5.41, 5.74) is 0. The number of ether oxygens (including phenoxy) is 3. The summed E-state index contributed by atoms with van der Waals surface area (Å²) in [6.07, 6.45) is 5.65. The number of nitrogens with zero attached hydrogens (tertiary/aromatic N) is 1. The molecule has 3 atom stereocenters. The molecule has 136 valence electrons. The highest BCUT2D eigenvalue weighted by atomic mass is 16.7. The zero-order valence-corrected chi connectivity index (χ0v) is 14.5. The molecule has 0 unspecified atom stereocenters. The fourth-order valence-corrected chi connectivity index (χ4v) is 3.72. The van der Waals surface area contributed by atoms with Crippen LogP contribution in [0, 0.1) is 17.8 Å². The van der Waals surface area contributed by atoms with Gasteiger partial charge >= 0.3 is 0 Å². The number of aliphatic hydroxyl groups is 1. The van der Waals surface area contributed by atoms with Gasteiger partial charge in [-0.25, -0.2) is 0 Å². The van der Waals surface area contributed by atoms with E-state index in [1.165, 1.54) is 12.8 Å². The Hall–Kier alpha value is -1.11. The van der Waals surface area contributed by atoms with Crippen molar-refractivity contribution in [2.75, 3.05) is 39.5 Å². The average molecular weight is 339 g/mol. The molecular weight excluding hydrogens is 310 g/mol. The Morgan fingerprint density at radius 2 is 2.12 bits per heavy atom. The Morgan fingerprint density at radius 3 is 2.75 bits per heavy atom. The van der Waals surface area contributed by atoms with Crippen molar-refractivity contribution in [1.29, 1.82) is 0 Å². The molecule has 6 nitrogen and oxygen atoms in total. The summed E-state index contributed by atoms with van der Waals surface area (Å²) in [6.45, 7) is 5.06. The fraction of sp³-hybridized carbons (Fsp3) is 0.833. The van der Waals surface area contributed by atoms with Crippen molar-refractivity contribution in [2.24, 2.45) is 17.8 Å². The van der Waals surface area contributed by atoms with Crippen molar-refractivity contribution in [3.63, 3.8) is 0 Å².